The predicted octanol–water partition coefficient (Wildman–Crippen LogP) is 2.95. The molecule has 0 unspecified atom stereocenters. The van der Waals surface area contributed by atoms with Gasteiger partial charge >= 0.3 is 12.0 Å². The van der Waals surface area contributed by atoms with Crippen molar-refractivity contribution in [2.45, 2.75) is 6.92 Å². The number of nitrogens with one attached hydrogen (secondary N) is 2. The molecule has 0 saturated carbocycles. The van der Waals surface area contributed by atoms with Gasteiger partial charge in [-0.2, -0.15) is 4.37 Å². The number of benzene rings is 1. The molecule has 0 radical (unpaired) electrons. The fourth-order valence-corrected chi connectivity index (χ4v) is 2.46. The number of aromatic nitrogens is 2. The summed E-state index contributed by atoms with van der Waals surface area (Å²) in [5.41, 5.74) is 0.428. The second-order valence-corrected chi connectivity index (χ2v) is 5.43. The van der Waals surface area contributed by atoms with E-state index >= 15 is 0 Å². The van der Waals surface area contributed by atoms with Crippen molar-refractivity contribution < 1.29 is 14.7 Å². The first-order valence-electron chi connectivity index (χ1n) is 5.36. The van der Waals surface area contributed by atoms with Crippen molar-refractivity contribution in [3.05, 3.63) is 34.1 Å². The van der Waals surface area contributed by atoms with Crippen molar-refractivity contribution in [3.8, 4) is 0 Å². The van der Waals surface area contributed by atoms with Gasteiger partial charge in [0.05, 0.1) is 5.56 Å². The third-order valence-corrected chi connectivity index (χ3v) is 3.33. The lowest BCUT2D eigenvalue weighted by molar-refractivity contribution is 0.0697. The number of amides is 2. The van der Waals surface area contributed by atoms with Crippen LogP contribution in [-0.4, -0.2) is 26.5 Å². The van der Waals surface area contributed by atoms with E-state index in [0.717, 1.165) is 11.5 Å². The minimum absolute atomic E-state index is 0.0708. The highest BCUT2D eigenvalue weighted by molar-refractivity contribution is 9.10. The van der Waals surface area contributed by atoms with Gasteiger partial charge in [-0.05, 0) is 25.1 Å². The Morgan fingerprint density at radius 2 is 2.05 bits per heavy atom. The van der Waals surface area contributed by atoms with Crippen molar-refractivity contribution >= 4 is 50.3 Å². The van der Waals surface area contributed by atoms with E-state index in [2.05, 4.69) is 35.9 Å². The van der Waals surface area contributed by atoms with Crippen molar-refractivity contribution in [3.63, 3.8) is 0 Å². The lowest BCUT2D eigenvalue weighted by Crippen LogP contribution is -2.19. The summed E-state index contributed by atoms with van der Waals surface area (Å²) < 4.78 is 4.49. The van der Waals surface area contributed by atoms with Crippen LogP contribution in [0.25, 0.3) is 0 Å². The summed E-state index contributed by atoms with van der Waals surface area (Å²) in [6, 6.07) is 3.88. The van der Waals surface area contributed by atoms with Gasteiger partial charge in [-0.25, -0.2) is 14.6 Å². The van der Waals surface area contributed by atoms with Crippen LogP contribution in [0.5, 0.6) is 0 Å². The zero-order chi connectivity index (χ0) is 14.7. The Morgan fingerprint density at radius 3 is 2.65 bits per heavy atom. The third kappa shape index (κ3) is 3.75. The van der Waals surface area contributed by atoms with Crippen LogP contribution < -0.4 is 10.6 Å². The molecular weight excluding hydrogens is 348 g/mol. The van der Waals surface area contributed by atoms with Crippen LogP contribution in [0.4, 0.5) is 15.6 Å². The van der Waals surface area contributed by atoms with E-state index in [4.69, 9.17) is 5.11 Å². The number of urea groups is 1. The van der Waals surface area contributed by atoms with E-state index in [1.165, 1.54) is 12.1 Å². The molecule has 0 aliphatic heterocycles. The fourth-order valence-electron chi connectivity index (χ4n) is 1.39. The number of anilines is 2. The number of nitrogens with zero attached hydrogens (tertiary/aromatic N) is 2. The summed E-state index contributed by atoms with van der Waals surface area (Å²) in [7, 11) is 0. The number of hydrogen-bond donors (Lipinski definition) is 3. The highest BCUT2D eigenvalue weighted by atomic mass is 79.9. The molecule has 0 saturated heterocycles. The molecule has 3 N–H and O–H groups in total. The minimum Gasteiger partial charge on any atom is -0.478 e. The molecule has 2 amide bonds. The molecule has 0 aliphatic rings. The van der Waals surface area contributed by atoms with Crippen LogP contribution >= 0.6 is 27.5 Å². The van der Waals surface area contributed by atoms with Gasteiger partial charge in [0.2, 0.25) is 5.13 Å². The van der Waals surface area contributed by atoms with Gasteiger partial charge in [-0.15, -0.1) is 0 Å². The Hall–Kier alpha value is -2.00. The molecule has 0 fully saturated rings. The molecule has 104 valence electrons. The first kappa shape index (κ1) is 14.4. The van der Waals surface area contributed by atoms with Gasteiger partial charge in [0, 0.05) is 21.7 Å². The molecular formula is C11H9BrN4O3S. The summed E-state index contributed by atoms with van der Waals surface area (Å²) in [6.45, 7) is 1.72. The zero-order valence-electron chi connectivity index (χ0n) is 10.2. The van der Waals surface area contributed by atoms with E-state index in [9.17, 15) is 9.59 Å². The van der Waals surface area contributed by atoms with Crippen LogP contribution in [0.1, 0.15) is 16.2 Å². The van der Waals surface area contributed by atoms with E-state index < -0.39 is 12.0 Å². The van der Waals surface area contributed by atoms with Crippen LogP contribution in [0.15, 0.2) is 22.7 Å². The lowest BCUT2D eigenvalue weighted by atomic mass is 10.2. The van der Waals surface area contributed by atoms with Gasteiger partial charge < -0.3 is 10.4 Å². The summed E-state index contributed by atoms with van der Waals surface area (Å²) >= 11 is 4.25. The Kier molecular flexibility index (Phi) is 4.30. The zero-order valence-corrected chi connectivity index (χ0v) is 12.6. The Morgan fingerprint density at radius 1 is 1.30 bits per heavy atom. The maximum absolute atomic E-state index is 11.7. The second kappa shape index (κ2) is 5.97. The largest absolute Gasteiger partial charge is 0.478 e. The number of rotatable bonds is 3. The number of halogens is 1. The lowest BCUT2D eigenvalue weighted by Gasteiger charge is -2.07. The first-order valence-corrected chi connectivity index (χ1v) is 6.93. The molecule has 1 aromatic heterocycles. The smallest absolute Gasteiger partial charge is 0.335 e. The normalized spacial score (nSPS) is 10.1. The average Bonchev–Trinajstić information content (AvgIpc) is 2.73. The SMILES string of the molecule is Cc1nsc(NC(=O)Nc2cc(Br)cc(C(=O)O)c2)n1. The molecule has 9 heteroatoms. The number of carboxylic acids is 1. The summed E-state index contributed by atoms with van der Waals surface area (Å²) in [6.07, 6.45) is 0. The average molecular weight is 357 g/mol. The summed E-state index contributed by atoms with van der Waals surface area (Å²) in [5, 5.41) is 14.4. The molecule has 0 spiro atoms. The number of hydrogen-bond acceptors (Lipinski definition) is 5. The van der Waals surface area contributed by atoms with Crippen molar-refractivity contribution in [2.75, 3.05) is 10.6 Å². The van der Waals surface area contributed by atoms with Gasteiger partial charge in [0.25, 0.3) is 0 Å². The number of aryl methyl sites for hydroxylation is 1. The number of carbonyl (C=O) groups is 2. The Balaban J connectivity index is 2.09. The predicted molar refractivity (Wildman–Crippen MR) is 78.4 cm³/mol. The summed E-state index contributed by atoms with van der Waals surface area (Å²) in [4.78, 5) is 26.6. The minimum atomic E-state index is -1.07. The van der Waals surface area contributed by atoms with Crippen LogP contribution in [0.2, 0.25) is 0 Å². The van der Waals surface area contributed by atoms with Crippen molar-refractivity contribution in [2.24, 2.45) is 0 Å². The van der Waals surface area contributed by atoms with Crippen molar-refractivity contribution in [1.82, 2.24) is 9.36 Å². The van der Waals surface area contributed by atoms with Crippen LogP contribution in [0, 0.1) is 6.92 Å². The highest BCUT2D eigenvalue weighted by Crippen LogP contribution is 2.20. The topological polar surface area (TPSA) is 104 Å². The molecule has 2 rings (SSSR count). The highest BCUT2D eigenvalue weighted by Gasteiger charge is 2.10. The Labute approximate surface area is 126 Å². The van der Waals surface area contributed by atoms with Crippen molar-refractivity contribution in [1.29, 1.82) is 0 Å². The van der Waals surface area contributed by atoms with Gasteiger partial charge in [0.1, 0.15) is 5.82 Å². The monoisotopic (exact) mass is 356 g/mol. The summed E-state index contributed by atoms with van der Waals surface area (Å²) in [5.74, 6) is -0.504. The first-order chi connectivity index (χ1) is 9.44. The quantitative estimate of drug-likeness (QED) is 0.784. The van der Waals surface area contributed by atoms with E-state index in [1.807, 2.05) is 0 Å². The number of aromatic carboxylic acids is 1. The molecule has 2 aromatic rings. The molecule has 1 heterocycles. The van der Waals surface area contributed by atoms with Gasteiger partial charge in [-0.3, -0.25) is 5.32 Å². The maximum Gasteiger partial charge on any atom is 0.335 e. The third-order valence-electron chi connectivity index (χ3n) is 2.15. The molecule has 0 atom stereocenters. The van der Waals surface area contributed by atoms with E-state index in [1.54, 1.807) is 13.0 Å². The van der Waals surface area contributed by atoms with E-state index in [-0.39, 0.29) is 5.56 Å². The van der Waals surface area contributed by atoms with Crippen LogP contribution in [-0.2, 0) is 0 Å². The molecule has 0 bridgehead atoms. The van der Waals surface area contributed by atoms with Gasteiger partial charge in [-0.1, -0.05) is 15.9 Å². The van der Waals surface area contributed by atoms with Crippen LogP contribution in [0.3, 0.4) is 0 Å². The fraction of sp³-hybridized carbons (Fsp3) is 0.0909. The number of carboxylic acid groups (broad SMARTS) is 1. The maximum atomic E-state index is 11.7. The van der Waals surface area contributed by atoms with Gasteiger partial charge in [0.15, 0.2) is 0 Å². The second-order valence-electron chi connectivity index (χ2n) is 3.76. The standard InChI is InChI=1S/C11H9BrN4O3S/c1-5-13-11(20-16-5)15-10(19)14-8-3-6(9(17)18)2-7(12)4-8/h2-4H,1H3,(H,17,18)(H2,13,14,15,16,19). The van der Waals surface area contributed by atoms with E-state index in [0.29, 0.717) is 21.1 Å². The Bertz CT molecular complexity index is 673. The molecule has 0 aliphatic carbocycles. The number of carbonyl (C=O) groups excluding carboxylic acids is 1. The molecule has 20 heavy (non-hydrogen) atoms. The molecule has 1 aromatic carbocycles. The molecule has 7 nitrogen and oxygen atoms in total.